The van der Waals surface area contributed by atoms with E-state index in [1.807, 2.05) is 18.2 Å². The van der Waals surface area contributed by atoms with Gasteiger partial charge in [0.2, 0.25) is 0 Å². The van der Waals surface area contributed by atoms with Gasteiger partial charge in [-0.2, -0.15) is 0 Å². The summed E-state index contributed by atoms with van der Waals surface area (Å²) in [6.45, 7) is 5.43. The number of rotatable bonds is 6. The topological polar surface area (TPSA) is 47.3 Å². The highest BCUT2D eigenvalue weighted by atomic mass is 35.5. The molecule has 0 saturated heterocycles. The first-order valence-electron chi connectivity index (χ1n) is 11.0. The second-order valence-corrected chi connectivity index (χ2v) is 9.30. The summed E-state index contributed by atoms with van der Waals surface area (Å²) in [7, 11) is 0. The van der Waals surface area contributed by atoms with Gasteiger partial charge in [0.25, 0.3) is 0 Å². The summed E-state index contributed by atoms with van der Waals surface area (Å²) in [4.78, 5) is 0. The third-order valence-electron chi connectivity index (χ3n) is 5.93. The largest absolute Gasteiger partial charge is 0.489 e. The van der Waals surface area contributed by atoms with Crippen LogP contribution in [0.4, 0.5) is 5.69 Å². The Kier molecular flexibility index (Phi) is 6.05. The number of fused-ring (bicyclic) bond motifs is 1. The van der Waals surface area contributed by atoms with E-state index >= 15 is 0 Å². The maximum atomic E-state index is 6.44. The van der Waals surface area contributed by atoms with Crippen LogP contribution in [0.3, 0.4) is 0 Å². The van der Waals surface area contributed by atoms with Crippen LogP contribution in [0.25, 0.3) is 22.4 Å². The molecule has 0 atom stereocenters. The van der Waals surface area contributed by atoms with Gasteiger partial charge >= 0.3 is 0 Å². The maximum absolute atomic E-state index is 6.44. The molecule has 5 rings (SSSR count). The lowest BCUT2D eigenvalue weighted by Crippen LogP contribution is -2.01. The molecule has 0 saturated carbocycles. The molecule has 0 amide bonds. The van der Waals surface area contributed by atoms with Crippen LogP contribution >= 0.6 is 23.2 Å². The van der Waals surface area contributed by atoms with Crippen molar-refractivity contribution in [3.05, 3.63) is 87.6 Å². The Morgan fingerprint density at radius 3 is 2.45 bits per heavy atom. The van der Waals surface area contributed by atoms with E-state index in [9.17, 15) is 0 Å². The number of benzene rings is 3. The molecule has 0 radical (unpaired) electrons. The van der Waals surface area contributed by atoms with Crippen LogP contribution in [0.1, 0.15) is 36.7 Å². The van der Waals surface area contributed by atoms with Crippen molar-refractivity contribution in [3.63, 3.8) is 0 Å². The Hall–Kier alpha value is -2.95. The molecule has 4 nitrogen and oxygen atoms in total. The average molecular weight is 479 g/mol. The van der Waals surface area contributed by atoms with E-state index in [0.29, 0.717) is 27.9 Å². The van der Waals surface area contributed by atoms with Crippen LogP contribution in [0.2, 0.25) is 10.0 Å². The molecule has 0 bridgehead atoms. The summed E-state index contributed by atoms with van der Waals surface area (Å²) in [5.41, 5.74) is 7.08. The minimum absolute atomic E-state index is 0.141. The number of halogens is 2. The Morgan fingerprint density at radius 2 is 1.73 bits per heavy atom. The third-order valence-corrected chi connectivity index (χ3v) is 6.56. The zero-order chi connectivity index (χ0) is 22.9. The molecule has 6 heteroatoms. The minimum Gasteiger partial charge on any atom is -0.489 e. The molecule has 4 aromatic rings. The van der Waals surface area contributed by atoms with Gasteiger partial charge in [0.05, 0.1) is 15.6 Å². The monoisotopic (exact) mass is 478 g/mol. The number of hydrogen-bond donors (Lipinski definition) is 1. The van der Waals surface area contributed by atoms with Gasteiger partial charge < -0.3 is 14.6 Å². The van der Waals surface area contributed by atoms with Crippen LogP contribution in [-0.4, -0.2) is 11.7 Å². The molecule has 1 N–H and O–H groups in total. The van der Waals surface area contributed by atoms with Gasteiger partial charge in [-0.3, -0.25) is 0 Å². The molecule has 0 fully saturated rings. The highest BCUT2D eigenvalue weighted by Gasteiger charge is 2.23. The molecule has 1 aliphatic rings. The van der Waals surface area contributed by atoms with Crippen LogP contribution in [-0.2, 0) is 13.0 Å². The quantitative estimate of drug-likeness (QED) is 0.305. The number of nitrogens with zero attached hydrogens (tertiary/aromatic N) is 1. The molecule has 3 aromatic carbocycles. The number of anilines is 1. The second kappa shape index (κ2) is 9.12. The highest BCUT2D eigenvalue weighted by Crippen LogP contribution is 2.39. The van der Waals surface area contributed by atoms with E-state index in [0.717, 1.165) is 35.6 Å². The lowest BCUT2D eigenvalue weighted by molar-refractivity contribution is 0.298. The Balaban J connectivity index is 1.39. The van der Waals surface area contributed by atoms with E-state index in [2.05, 4.69) is 54.7 Å². The van der Waals surface area contributed by atoms with Gasteiger partial charge in [0, 0.05) is 23.7 Å². The minimum atomic E-state index is 0.141. The SMILES string of the molecule is CC(C)c1onc(-c2c(Cl)cccc2Cl)c1COc1ccc(-c2ccc3c(c2)NCC3)cc1. The summed E-state index contributed by atoms with van der Waals surface area (Å²) in [6.07, 6.45) is 1.09. The number of hydrogen-bond acceptors (Lipinski definition) is 4. The third kappa shape index (κ3) is 4.33. The van der Waals surface area contributed by atoms with Gasteiger partial charge in [0.1, 0.15) is 23.8 Å². The van der Waals surface area contributed by atoms with E-state index in [-0.39, 0.29) is 5.92 Å². The summed E-state index contributed by atoms with van der Waals surface area (Å²) in [5.74, 6) is 1.68. The van der Waals surface area contributed by atoms with E-state index in [4.69, 9.17) is 32.5 Å². The van der Waals surface area contributed by atoms with Crippen molar-refractivity contribution in [1.82, 2.24) is 5.16 Å². The standard InChI is InChI=1S/C27H24Cl2N2O2/c1-16(2)27-21(26(31-33-27)25-22(28)4-3-5-23(25)29)15-32-20-10-8-17(9-11-20)19-7-6-18-12-13-30-24(18)14-19/h3-11,14,16,30H,12-13,15H2,1-2H3. The Morgan fingerprint density at radius 1 is 1.00 bits per heavy atom. The molecule has 0 spiro atoms. The van der Waals surface area contributed by atoms with Crippen molar-refractivity contribution in [2.75, 3.05) is 11.9 Å². The summed E-state index contributed by atoms with van der Waals surface area (Å²) in [6, 6.07) is 20.1. The summed E-state index contributed by atoms with van der Waals surface area (Å²) >= 11 is 12.9. The Bertz CT molecular complexity index is 1280. The lowest BCUT2D eigenvalue weighted by Gasteiger charge is -2.11. The van der Waals surface area contributed by atoms with Crippen molar-refractivity contribution in [2.45, 2.75) is 32.8 Å². The molecule has 33 heavy (non-hydrogen) atoms. The van der Waals surface area contributed by atoms with E-state index < -0.39 is 0 Å². The second-order valence-electron chi connectivity index (χ2n) is 8.49. The van der Waals surface area contributed by atoms with E-state index in [1.54, 1.807) is 12.1 Å². The molecule has 1 aliphatic heterocycles. The Labute approximate surface area is 203 Å². The van der Waals surface area contributed by atoms with Crippen molar-refractivity contribution < 1.29 is 9.26 Å². The van der Waals surface area contributed by atoms with Crippen molar-refractivity contribution in [1.29, 1.82) is 0 Å². The first-order valence-corrected chi connectivity index (χ1v) is 11.8. The van der Waals surface area contributed by atoms with Gasteiger partial charge in [-0.05, 0) is 53.4 Å². The predicted octanol–water partition coefficient (Wildman–Crippen LogP) is 7.99. The zero-order valence-electron chi connectivity index (χ0n) is 18.5. The molecule has 0 unspecified atom stereocenters. The smallest absolute Gasteiger partial charge is 0.146 e. The molecular weight excluding hydrogens is 455 g/mol. The van der Waals surface area contributed by atoms with Crippen molar-refractivity contribution in [2.24, 2.45) is 0 Å². The lowest BCUT2D eigenvalue weighted by atomic mass is 10.0. The van der Waals surface area contributed by atoms with Gasteiger partial charge in [0.15, 0.2) is 0 Å². The first kappa shape index (κ1) is 21.9. The maximum Gasteiger partial charge on any atom is 0.146 e. The number of aromatic nitrogens is 1. The van der Waals surface area contributed by atoms with E-state index in [1.165, 1.54) is 16.8 Å². The van der Waals surface area contributed by atoms with Gasteiger partial charge in [-0.15, -0.1) is 0 Å². The van der Waals surface area contributed by atoms with Crippen LogP contribution in [0, 0.1) is 0 Å². The number of ether oxygens (including phenoxy) is 1. The molecular formula is C27H24Cl2N2O2. The van der Waals surface area contributed by atoms with Crippen molar-refractivity contribution in [3.8, 4) is 28.1 Å². The van der Waals surface area contributed by atoms with Crippen molar-refractivity contribution >= 4 is 28.9 Å². The number of nitrogens with one attached hydrogen (secondary N) is 1. The van der Waals surface area contributed by atoms with Gasteiger partial charge in [-0.1, -0.05) is 72.5 Å². The normalized spacial score (nSPS) is 12.6. The zero-order valence-corrected chi connectivity index (χ0v) is 20.0. The fourth-order valence-corrected chi connectivity index (χ4v) is 4.78. The summed E-state index contributed by atoms with van der Waals surface area (Å²) < 4.78 is 11.8. The van der Waals surface area contributed by atoms with Crippen LogP contribution in [0.15, 0.2) is 65.2 Å². The summed E-state index contributed by atoms with van der Waals surface area (Å²) in [5, 5.41) is 8.79. The molecule has 1 aromatic heterocycles. The molecule has 0 aliphatic carbocycles. The molecule has 168 valence electrons. The van der Waals surface area contributed by atoms with Crippen LogP contribution < -0.4 is 10.1 Å². The highest BCUT2D eigenvalue weighted by molar-refractivity contribution is 6.39. The first-order chi connectivity index (χ1) is 16.0. The van der Waals surface area contributed by atoms with Gasteiger partial charge in [-0.25, -0.2) is 0 Å². The van der Waals surface area contributed by atoms with Crippen LogP contribution in [0.5, 0.6) is 5.75 Å². The molecule has 2 heterocycles. The average Bonchev–Trinajstić information content (AvgIpc) is 3.44. The predicted molar refractivity (Wildman–Crippen MR) is 134 cm³/mol. The fourth-order valence-electron chi connectivity index (χ4n) is 4.21. The fraction of sp³-hybridized carbons (Fsp3) is 0.222.